The minimum absolute atomic E-state index is 0.118. The lowest BCUT2D eigenvalue weighted by Crippen LogP contribution is -2.50. The van der Waals surface area contributed by atoms with Gasteiger partial charge in [-0.3, -0.25) is 14.6 Å². The molecule has 120 valence electrons. The van der Waals surface area contributed by atoms with E-state index < -0.39 is 6.04 Å². The van der Waals surface area contributed by atoms with Crippen LogP contribution in [0.1, 0.15) is 23.2 Å². The Morgan fingerprint density at radius 3 is 2.88 bits per heavy atom. The van der Waals surface area contributed by atoms with Crippen molar-refractivity contribution in [3.05, 3.63) is 54.2 Å². The Bertz CT molecular complexity index is 952. The molecule has 0 spiro atoms. The van der Waals surface area contributed by atoms with E-state index in [9.17, 15) is 9.59 Å². The summed E-state index contributed by atoms with van der Waals surface area (Å²) in [4.78, 5) is 29.1. The third-order valence-electron chi connectivity index (χ3n) is 4.45. The predicted octanol–water partition coefficient (Wildman–Crippen LogP) is 2.40. The number of benzene rings is 2. The van der Waals surface area contributed by atoms with Crippen LogP contribution in [0.25, 0.3) is 21.7 Å². The Hall–Kier alpha value is -2.95. The van der Waals surface area contributed by atoms with Crippen LogP contribution in [0.2, 0.25) is 0 Å². The zero-order chi connectivity index (χ0) is 16.5. The standard InChI is InChI=1S/C19H17N3O2/c23-18(22-16-8-4-10-21-19(16)24)15-11-12-5-1-2-6-13(12)14-7-3-9-20-17(14)15/h1-3,5-7,9,11,16H,4,8,10H2,(H,21,24)(H,22,23)/t16-/m1/s1. The summed E-state index contributed by atoms with van der Waals surface area (Å²) in [7, 11) is 0. The summed E-state index contributed by atoms with van der Waals surface area (Å²) < 4.78 is 0. The minimum Gasteiger partial charge on any atom is -0.354 e. The van der Waals surface area contributed by atoms with Crippen LogP contribution in [-0.4, -0.2) is 29.4 Å². The smallest absolute Gasteiger partial charge is 0.254 e. The molecule has 4 rings (SSSR count). The van der Waals surface area contributed by atoms with Gasteiger partial charge in [-0.05, 0) is 35.7 Å². The minimum atomic E-state index is -0.475. The van der Waals surface area contributed by atoms with Gasteiger partial charge in [-0.2, -0.15) is 0 Å². The van der Waals surface area contributed by atoms with Crippen LogP contribution in [-0.2, 0) is 4.79 Å². The van der Waals surface area contributed by atoms with Crippen molar-refractivity contribution >= 4 is 33.5 Å². The van der Waals surface area contributed by atoms with E-state index in [2.05, 4.69) is 15.6 Å². The molecule has 1 fully saturated rings. The van der Waals surface area contributed by atoms with Gasteiger partial charge < -0.3 is 10.6 Å². The fourth-order valence-corrected chi connectivity index (χ4v) is 3.25. The number of hydrogen-bond donors (Lipinski definition) is 2. The first-order valence-electron chi connectivity index (χ1n) is 8.09. The van der Waals surface area contributed by atoms with Gasteiger partial charge in [-0.1, -0.05) is 30.3 Å². The van der Waals surface area contributed by atoms with Crippen LogP contribution in [0.4, 0.5) is 0 Å². The fraction of sp³-hybridized carbons (Fsp3) is 0.211. The molecule has 1 aliphatic rings. The molecule has 5 nitrogen and oxygen atoms in total. The normalized spacial score (nSPS) is 17.7. The van der Waals surface area contributed by atoms with Gasteiger partial charge in [0.15, 0.2) is 0 Å². The number of carbonyl (C=O) groups is 2. The molecule has 5 heteroatoms. The summed E-state index contributed by atoms with van der Waals surface area (Å²) in [6.07, 6.45) is 3.21. The summed E-state index contributed by atoms with van der Waals surface area (Å²) in [5.74, 6) is -0.376. The van der Waals surface area contributed by atoms with Gasteiger partial charge in [0, 0.05) is 18.1 Å². The Balaban J connectivity index is 1.79. The second-order valence-corrected chi connectivity index (χ2v) is 6.00. The highest BCUT2D eigenvalue weighted by molar-refractivity contribution is 6.16. The first-order valence-corrected chi connectivity index (χ1v) is 8.09. The third kappa shape index (κ3) is 2.48. The number of rotatable bonds is 2. The Morgan fingerprint density at radius 2 is 2.00 bits per heavy atom. The highest BCUT2D eigenvalue weighted by atomic mass is 16.2. The largest absolute Gasteiger partial charge is 0.354 e. The maximum Gasteiger partial charge on any atom is 0.254 e. The molecule has 2 heterocycles. The summed E-state index contributed by atoms with van der Waals surface area (Å²) in [6.45, 7) is 0.672. The lowest BCUT2D eigenvalue weighted by Gasteiger charge is -2.23. The predicted molar refractivity (Wildman–Crippen MR) is 92.7 cm³/mol. The maximum atomic E-state index is 12.8. The van der Waals surface area contributed by atoms with Crippen molar-refractivity contribution in [1.82, 2.24) is 15.6 Å². The molecule has 1 atom stereocenters. The van der Waals surface area contributed by atoms with Crippen LogP contribution in [0.15, 0.2) is 48.7 Å². The molecule has 0 unspecified atom stereocenters. The van der Waals surface area contributed by atoms with Crippen molar-refractivity contribution in [2.24, 2.45) is 0 Å². The number of fused-ring (bicyclic) bond motifs is 3. The van der Waals surface area contributed by atoms with Crippen LogP contribution >= 0.6 is 0 Å². The van der Waals surface area contributed by atoms with Crippen molar-refractivity contribution in [2.75, 3.05) is 6.54 Å². The number of hydrogen-bond acceptors (Lipinski definition) is 3. The van der Waals surface area contributed by atoms with E-state index in [4.69, 9.17) is 0 Å². The molecule has 2 N–H and O–H groups in total. The topological polar surface area (TPSA) is 71.1 Å². The summed E-state index contributed by atoms with van der Waals surface area (Å²) in [5, 5.41) is 8.62. The zero-order valence-electron chi connectivity index (χ0n) is 13.1. The van der Waals surface area contributed by atoms with Gasteiger partial charge in [-0.15, -0.1) is 0 Å². The van der Waals surface area contributed by atoms with Crippen molar-refractivity contribution in [3.8, 4) is 0 Å². The summed E-state index contributed by atoms with van der Waals surface area (Å²) in [5.41, 5.74) is 1.16. The van der Waals surface area contributed by atoms with Crippen LogP contribution in [0, 0.1) is 0 Å². The molecule has 0 saturated carbocycles. The Kier molecular flexibility index (Phi) is 3.61. The number of nitrogens with one attached hydrogen (secondary N) is 2. The van der Waals surface area contributed by atoms with E-state index in [-0.39, 0.29) is 11.8 Å². The molecule has 1 saturated heterocycles. The van der Waals surface area contributed by atoms with E-state index in [1.54, 1.807) is 6.20 Å². The Morgan fingerprint density at radius 1 is 1.17 bits per heavy atom. The molecule has 2 aromatic carbocycles. The van der Waals surface area contributed by atoms with E-state index in [0.717, 1.165) is 22.6 Å². The molecule has 2 amide bonds. The maximum absolute atomic E-state index is 12.8. The van der Waals surface area contributed by atoms with E-state index in [1.807, 2.05) is 42.5 Å². The van der Waals surface area contributed by atoms with Gasteiger partial charge in [0.25, 0.3) is 5.91 Å². The van der Waals surface area contributed by atoms with Gasteiger partial charge in [0.2, 0.25) is 5.91 Å². The lowest BCUT2D eigenvalue weighted by atomic mass is 9.99. The number of pyridine rings is 1. The quantitative estimate of drug-likeness (QED) is 0.713. The number of nitrogens with zero attached hydrogens (tertiary/aromatic N) is 1. The summed E-state index contributed by atoms with van der Waals surface area (Å²) >= 11 is 0. The lowest BCUT2D eigenvalue weighted by molar-refractivity contribution is -0.124. The van der Waals surface area contributed by atoms with Gasteiger partial charge in [-0.25, -0.2) is 0 Å². The summed E-state index contributed by atoms with van der Waals surface area (Å²) in [6, 6.07) is 13.1. The molecular formula is C19H17N3O2. The average Bonchev–Trinajstić information content (AvgIpc) is 2.63. The molecule has 1 aromatic heterocycles. The van der Waals surface area contributed by atoms with Crippen LogP contribution < -0.4 is 10.6 Å². The first kappa shape index (κ1) is 14.6. The second kappa shape index (κ2) is 5.92. The van der Waals surface area contributed by atoms with Crippen LogP contribution in [0.3, 0.4) is 0 Å². The first-order chi connectivity index (χ1) is 11.7. The highest BCUT2D eigenvalue weighted by Crippen LogP contribution is 2.27. The molecule has 0 bridgehead atoms. The molecule has 1 aliphatic heterocycles. The van der Waals surface area contributed by atoms with E-state index >= 15 is 0 Å². The van der Waals surface area contributed by atoms with Crippen molar-refractivity contribution in [1.29, 1.82) is 0 Å². The SMILES string of the molecule is O=C(N[C@@H]1CCCNC1=O)c1cc2ccccc2c2cccnc12. The zero-order valence-corrected chi connectivity index (χ0v) is 13.1. The van der Waals surface area contributed by atoms with Crippen molar-refractivity contribution < 1.29 is 9.59 Å². The molecule has 0 aliphatic carbocycles. The third-order valence-corrected chi connectivity index (χ3v) is 4.45. The fourth-order valence-electron chi connectivity index (χ4n) is 3.25. The average molecular weight is 319 g/mol. The van der Waals surface area contributed by atoms with E-state index in [0.29, 0.717) is 24.0 Å². The molecular weight excluding hydrogens is 302 g/mol. The number of piperidine rings is 1. The number of carbonyl (C=O) groups excluding carboxylic acids is 2. The second-order valence-electron chi connectivity index (χ2n) is 6.00. The molecule has 0 radical (unpaired) electrons. The van der Waals surface area contributed by atoms with Crippen molar-refractivity contribution in [3.63, 3.8) is 0 Å². The van der Waals surface area contributed by atoms with Gasteiger partial charge >= 0.3 is 0 Å². The van der Waals surface area contributed by atoms with Crippen LogP contribution in [0.5, 0.6) is 0 Å². The Labute approximate surface area is 139 Å². The highest BCUT2D eigenvalue weighted by Gasteiger charge is 2.25. The van der Waals surface area contributed by atoms with E-state index in [1.165, 1.54) is 0 Å². The molecule has 24 heavy (non-hydrogen) atoms. The number of aromatic nitrogens is 1. The monoisotopic (exact) mass is 319 g/mol. The van der Waals surface area contributed by atoms with Gasteiger partial charge in [0.05, 0.1) is 11.1 Å². The van der Waals surface area contributed by atoms with Crippen molar-refractivity contribution in [2.45, 2.75) is 18.9 Å². The molecule has 3 aromatic rings. The van der Waals surface area contributed by atoms with Gasteiger partial charge in [0.1, 0.15) is 6.04 Å². The number of amides is 2.